The molecule has 0 radical (unpaired) electrons. The topological polar surface area (TPSA) is 54.0 Å². The minimum atomic E-state index is 0.209. The summed E-state index contributed by atoms with van der Waals surface area (Å²) in [7, 11) is 0. The fourth-order valence-electron chi connectivity index (χ4n) is 1.43. The Balaban J connectivity index is 2.94. The van der Waals surface area contributed by atoms with Gasteiger partial charge in [0.1, 0.15) is 5.78 Å². The molecule has 0 fully saturated rings. The summed E-state index contributed by atoms with van der Waals surface area (Å²) in [5, 5.41) is 0. The molecule has 0 rings (SSSR count). The number of hydrogen-bond donors (Lipinski definition) is 0. The zero-order valence-electron chi connectivity index (χ0n) is 13.0. The van der Waals surface area contributed by atoms with E-state index in [1.165, 1.54) is 0 Å². The van der Waals surface area contributed by atoms with Crippen LogP contribution in [0.25, 0.3) is 0 Å². The van der Waals surface area contributed by atoms with Gasteiger partial charge in [-0.3, -0.25) is 0 Å². The number of ether oxygens (including phenoxy) is 4. The minimum Gasteiger partial charge on any atom is -0.379 e. The van der Waals surface area contributed by atoms with Crippen LogP contribution in [0.1, 0.15) is 39.5 Å². The number of carbonyl (C=O) groups is 1. The summed E-state index contributed by atoms with van der Waals surface area (Å²) < 4.78 is 21.4. The van der Waals surface area contributed by atoms with Crippen molar-refractivity contribution < 1.29 is 23.7 Å². The second-order valence-corrected chi connectivity index (χ2v) is 4.61. The number of Topliss-reactive ketones (excluding diaryl/α,β-unsaturated/α-hetero) is 1. The molecule has 0 aromatic carbocycles. The van der Waals surface area contributed by atoms with Crippen molar-refractivity contribution in [3.05, 3.63) is 0 Å². The predicted octanol–water partition coefficient (Wildman–Crippen LogP) is 2.22. The first-order valence-electron chi connectivity index (χ1n) is 7.57. The van der Waals surface area contributed by atoms with Crippen LogP contribution in [0.5, 0.6) is 0 Å². The summed E-state index contributed by atoms with van der Waals surface area (Å²) in [4.78, 5) is 10.7. The van der Waals surface area contributed by atoms with Crippen LogP contribution < -0.4 is 0 Å². The normalized spacial score (nSPS) is 10.9. The van der Waals surface area contributed by atoms with Crippen LogP contribution in [0.4, 0.5) is 0 Å². The Labute approximate surface area is 122 Å². The molecule has 120 valence electrons. The second kappa shape index (κ2) is 16.6. The van der Waals surface area contributed by atoms with E-state index in [0.717, 1.165) is 25.9 Å². The van der Waals surface area contributed by atoms with Crippen LogP contribution in [-0.4, -0.2) is 58.6 Å². The quantitative estimate of drug-likeness (QED) is 0.408. The lowest BCUT2D eigenvalue weighted by Gasteiger charge is -2.07. The maximum absolute atomic E-state index is 10.7. The van der Waals surface area contributed by atoms with Crippen molar-refractivity contribution in [3.8, 4) is 0 Å². The monoisotopic (exact) mass is 290 g/mol. The van der Waals surface area contributed by atoms with Gasteiger partial charge in [-0.15, -0.1) is 0 Å². The molecule has 0 aromatic rings. The molecule has 20 heavy (non-hydrogen) atoms. The van der Waals surface area contributed by atoms with Gasteiger partial charge >= 0.3 is 0 Å². The summed E-state index contributed by atoms with van der Waals surface area (Å²) in [5.41, 5.74) is 0. The Morgan fingerprint density at radius 2 is 1.10 bits per heavy atom. The Morgan fingerprint density at radius 1 is 0.700 bits per heavy atom. The Morgan fingerprint density at radius 3 is 1.50 bits per heavy atom. The van der Waals surface area contributed by atoms with Gasteiger partial charge < -0.3 is 23.7 Å². The molecule has 0 aliphatic carbocycles. The van der Waals surface area contributed by atoms with E-state index >= 15 is 0 Å². The molecule has 0 N–H and O–H groups in total. The van der Waals surface area contributed by atoms with Gasteiger partial charge in [-0.05, 0) is 19.8 Å². The zero-order chi connectivity index (χ0) is 14.9. The lowest BCUT2D eigenvalue weighted by molar-refractivity contribution is -0.117. The molecule has 0 saturated heterocycles. The van der Waals surface area contributed by atoms with Crippen LogP contribution in [0.2, 0.25) is 0 Å². The summed E-state index contributed by atoms with van der Waals surface area (Å²) in [6, 6.07) is 0. The summed E-state index contributed by atoms with van der Waals surface area (Å²) >= 11 is 0. The van der Waals surface area contributed by atoms with Gasteiger partial charge in [-0.1, -0.05) is 13.3 Å². The fourth-order valence-corrected chi connectivity index (χ4v) is 1.43. The molecule has 0 aliphatic rings. The van der Waals surface area contributed by atoms with E-state index in [4.69, 9.17) is 18.9 Å². The lowest BCUT2D eigenvalue weighted by Crippen LogP contribution is -2.12. The molecule has 0 unspecified atom stereocenters. The second-order valence-electron chi connectivity index (χ2n) is 4.61. The van der Waals surface area contributed by atoms with E-state index in [1.54, 1.807) is 6.92 Å². The highest BCUT2D eigenvalue weighted by Crippen LogP contribution is 1.91. The van der Waals surface area contributed by atoms with E-state index in [1.807, 2.05) is 0 Å². The van der Waals surface area contributed by atoms with Crippen LogP contribution >= 0.6 is 0 Å². The number of rotatable bonds is 16. The Bertz CT molecular complexity index is 208. The van der Waals surface area contributed by atoms with Crippen molar-refractivity contribution in [1.82, 2.24) is 0 Å². The van der Waals surface area contributed by atoms with Crippen molar-refractivity contribution in [2.45, 2.75) is 39.5 Å². The lowest BCUT2D eigenvalue weighted by atomic mass is 10.2. The molecule has 0 bridgehead atoms. The van der Waals surface area contributed by atoms with Gasteiger partial charge in [0, 0.05) is 19.6 Å². The van der Waals surface area contributed by atoms with Crippen LogP contribution in [0, 0.1) is 0 Å². The highest BCUT2D eigenvalue weighted by Gasteiger charge is 1.94. The third-order valence-corrected chi connectivity index (χ3v) is 2.58. The maximum Gasteiger partial charge on any atom is 0.129 e. The smallest absolute Gasteiger partial charge is 0.129 e. The molecular weight excluding hydrogens is 260 g/mol. The maximum atomic E-state index is 10.7. The van der Waals surface area contributed by atoms with Gasteiger partial charge in [0.15, 0.2) is 0 Å². The summed E-state index contributed by atoms with van der Waals surface area (Å²) in [6.45, 7) is 8.74. The molecular formula is C15H30O5. The molecule has 0 heterocycles. The number of hydrogen-bond acceptors (Lipinski definition) is 5. The summed E-state index contributed by atoms with van der Waals surface area (Å²) in [6.07, 6.45) is 3.65. The average Bonchev–Trinajstić information content (AvgIpc) is 2.43. The van der Waals surface area contributed by atoms with E-state index < -0.39 is 0 Å². The molecule has 0 atom stereocenters. The highest BCUT2D eigenvalue weighted by atomic mass is 16.6. The predicted molar refractivity (Wildman–Crippen MR) is 78.1 cm³/mol. The standard InChI is InChI=1S/C15H30O5/c1-3-4-7-17-9-11-19-13-14-20-12-10-18-8-5-6-15(2)16/h3-14H2,1-2H3. The molecule has 0 spiro atoms. The largest absolute Gasteiger partial charge is 0.379 e. The minimum absolute atomic E-state index is 0.209. The first kappa shape index (κ1) is 19.5. The molecule has 0 saturated carbocycles. The van der Waals surface area contributed by atoms with Gasteiger partial charge in [-0.2, -0.15) is 0 Å². The molecule has 5 nitrogen and oxygen atoms in total. The zero-order valence-corrected chi connectivity index (χ0v) is 13.0. The third-order valence-electron chi connectivity index (χ3n) is 2.58. The average molecular weight is 290 g/mol. The van der Waals surface area contributed by atoms with E-state index in [-0.39, 0.29) is 5.78 Å². The number of carbonyl (C=O) groups excluding carboxylic acids is 1. The van der Waals surface area contributed by atoms with Crippen molar-refractivity contribution >= 4 is 5.78 Å². The first-order valence-corrected chi connectivity index (χ1v) is 7.57. The van der Waals surface area contributed by atoms with Gasteiger partial charge in [-0.25, -0.2) is 0 Å². The van der Waals surface area contributed by atoms with Crippen LogP contribution in [0.3, 0.4) is 0 Å². The SMILES string of the molecule is CCCCOCCOCCOCCOCCCC(C)=O. The van der Waals surface area contributed by atoms with Crippen LogP contribution in [-0.2, 0) is 23.7 Å². The van der Waals surface area contributed by atoms with Crippen LogP contribution in [0.15, 0.2) is 0 Å². The summed E-state index contributed by atoms with van der Waals surface area (Å²) in [5.74, 6) is 0.209. The third kappa shape index (κ3) is 17.5. The fraction of sp³-hybridized carbons (Fsp3) is 0.933. The van der Waals surface area contributed by atoms with Crippen molar-refractivity contribution in [3.63, 3.8) is 0 Å². The Kier molecular flexibility index (Phi) is 16.2. The van der Waals surface area contributed by atoms with Crippen molar-refractivity contribution in [2.75, 3.05) is 52.9 Å². The van der Waals surface area contributed by atoms with Gasteiger partial charge in [0.2, 0.25) is 0 Å². The first-order chi connectivity index (χ1) is 9.77. The van der Waals surface area contributed by atoms with E-state index in [0.29, 0.717) is 52.7 Å². The number of ketones is 1. The van der Waals surface area contributed by atoms with E-state index in [9.17, 15) is 4.79 Å². The Hall–Kier alpha value is -0.490. The van der Waals surface area contributed by atoms with E-state index in [2.05, 4.69) is 6.92 Å². The van der Waals surface area contributed by atoms with Gasteiger partial charge in [0.25, 0.3) is 0 Å². The highest BCUT2D eigenvalue weighted by molar-refractivity contribution is 5.75. The number of unbranched alkanes of at least 4 members (excludes halogenated alkanes) is 1. The molecule has 0 aromatic heterocycles. The molecule has 0 amide bonds. The van der Waals surface area contributed by atoms with Crippen molar-refractivity contribution in [1.29, 1.82) is 0 Å². The molecule has 5 heteroatoms. The molecule has 0 aliphatic heterocycles. The van der Waals surface area contributed by atoms with Gasteiger partial charge in [0.05, 0.1) is 39.6 Å². The van der Waals surface area contributed by atoms with Crippen molar-refractivity contribution in [2.24, 2.45) is 0 Å².